The maximum Gasteiger partial charge on any atom is 0.182 e. The van der Waals surface area contributed by atoms with E-state index >= 15 is 0 Å². The largest absolute Gasteiger partial charge is 0.277 e. The minimum absolute atomic E-state index is 0.550. The summed E-state index contributed by atoms with van der Waals surface area (Å²) < 4.78 is 0. The van der Waals surface area contributed by atoms with Gasteiger partial charge < -0.3 is 0 Å². The van der Waals surface area contributed by atoms with Crippen molar-refractivity contribution in [2.45, 2.75) is 13.3 Å². The molecule has 4 heteroatoms. The number of benzene rings is 1. The molecule has 3 nitrogen and oxygen atoms in total. The molecule has 0 aromatic heterocycles. The number of aliphatic imine (C=N–C) groups is 1. The predicted molar refractivity (Wildman–Crippen MR) is 71.8 cm³/mol. The van der Waals surface area contributed by atoms with Crippen LogP contribution in [0.3, 0.4) is 0 Å². The van der Waals surface area contributed by atoms with Crippen molar-refractivity contribution < 1.29 is 0 Å². The van der Waals surface area contributed by atoms with Gasteiger partial charge in [0.2, 0.25) is 0 Å². The number of nitrogens with one attached hydrogen (secondary N) is 1. The average Bonchev–Trinajstić information content (AvgIpc) is 2.34. The minimum atomic E-state index is 0.550. The standard InChI is InChI=1S/C13H14ClN3/c1-2-9-16-13(17-10-15)8-7-11-5-3-4-6-12(11)14/h3-8H,2,9H2,1H3,(H,16,17). The molecule has 17 heavy (non-hydrogen) atoms. The van der Waals surface area contributed by atoms with Crippen molar-refractivity contribution in [3.05, 3.63) is 40.9 Å². The number of rotatable bonds is 4. The van der Waals surface area contributed by atoms with Gasteiger partial charge in [-0.2, -0.15) is 5.26 Å². The van der Waals surface area contributed by atoms with Crippen LogP contribution in [0.15, 0.2) is 35.3 Å². The molecule has 0 saturated heterocycles. The Bertz CT molecular complexity index is 458. The van der Waals surface area contributed by atoms with Gasteiger partial charge >= 0.3 is 0 Å². The zero-order valence-corrected chi connectivity index (χ0v) is 10.4. The molecule has 0 atom stereocenters. The molecule has 0 aliphatic rings. The summed E-state index contributed by atoms with van der Waals surface area (Å²) in [7, 11) is 0. The van der Waals surface area contributed by atoms with Gasteiger partial charge in [0.1, 0.15) is 5.84 Å². The van der Waals surface area contributed by atoms with Crippen LogP contribution in [0.4, 0.5) is 0 Å². The van der Waals surface area contributed by atoms with Gasteiger partial charge in [0.15, 0.2) is 6.19 Å². The molecule has 0 bridgehead atoms. The third-order valence-corrected chi connectivity index (χ3v) is 2.36. The molecule has 0 aliphatic heterocycles. The third kappa shape index (κ3) is 4.71. The summed E-state index contributed by atoms with van der Waals surface area (Å²) in [5.41, 5.74) is 0.901. The highest BCUT2D eigenvalue weighted by Gasteiger charge is 1.95. The Kier molecular flexibility index (Phi) is 5.84. The summed E-state index contributed by atoms with van der Waals surface area (Å²) in [5.74, 6) is 0.550. The second-order valence-corrected chi connectivity index (χ2v) is 3.77. The lowest BCUT2D eigenvalue weighted by Crippen LogP contribution is -2.15. The lowest BCUT2D eigenvalue weighted by molar-refractivity contribution is 0.926. The van der Waals surface area contributed by atoms with Crippen LogP contribution in [0, 0.1) is 11.5 Å². The van der Waals surface area contributed by atoms with Crippen molar-refractivity contribution >= 4 is 23.5 Å². The first-order valence-corrected chi connectivity index (χ1v) is 5.78. The first-order valence-electron chi connectivity index (χ1n) is 5.40. The molecule has 1 rings (SSSR count). The highest BCUT2D eigenvalue weighted by Crippen LogP contribution is 2.16. The van der Waals surface area contributed by atoms with Crippen molar-refractivity contribution in [1.29, 1.82) is 5.26 Å². The van der Waals surface area contributed by atoms with Crippen LogP contribution < -0.4 is 5.32 Å². The number of hydrogen-bond acceptors (Lipinski definition) is 2. The molecular formula is C13H14ClN3. The Morgan fingerprint density at radius 2 is 2.29 bits per heavy atom. The molecule has 0 aliphatic carbocycles. The number of nitrogens with zero attached hydrogens (tertiary/aromatic N) is 2. The van der Waals surface area contributed by atoms with Crippen molar-refractivity contribution in [3.63, 3.8) is 0 Å². The highest BCUT2D eigenvalue weighted by molar-refractivity contribution is 6.32. The smallest absolute Gasteiger partial charge is 0.182 e. The van der Waals surface area contributed by atoms with Gasteiger partial charge in [-0.3, -0.25) is 10.3 Å². The van der Waals surface area contributed by atoms with E-state index in [0.717, 1.165) is 12.0 Å². The molecule has 1 aromatic rings. The molecule has 1 aromatic carbocycles. The topological polar surface area (TPSA) is 48.2 Å². The van der Waals surface area contributed by atoms with E-state index in [1.165, 1.54) is 0 Å². The maximum absolute atomic E-state index is 8.59. The van der Waals surface area contributed by atoms with Crippen molar-refractivity contribution in [2.75, 3.05) is 6.54 Å². The normalized spacial score (nSPS) is 11.5. The Labute approximate surface area is 106 Å². The van der Waals surface area contributed by atoms with Crippen molar-refractivity contribution in [3.8, 4) is 6.19 Å². The molecule has 0 amide bonds. The van der Waals surface area contributed by atoms with Crippen molar-refractivity contribution in [2.24, 2.45) is 4.99 Å². The SMILES string of the molecule is CCCN=C(C=Cc1ccccc1Cl)NC#N. The first-order chi connectivity index (χ1) is 8.27. The van der Waals surface area contributed by atoms with E-state index in [1.54, 1.807) is 6.08 Å². The predicted octanol–water partition coefficient (Wildman–Crippen LogP) is 3.23. The van der Waals surface area contributed by atoms with Crippen LogP contribution in [0.2, 0.25) is 5.02 Å². The van der Waals surface area contributed by atoms with E-state index < -0.39 is 0 Å². The van der Waals surface area contributed by atoms with Crippen LogP contribution in [0.25, 0.3) is 6.08 Å². The minimum Gasteiger partial charge on any atom is -0.277 e. The molecular weight excluding hydrogens is 234 g/mol. The zero-order valence-electron chi connectivity index (χ0n) is 9.65. The maximum atomic E-state index is 8.59. The van der Waals surface area contributed by atoms with Gasteiger partial charge in [-0.1, -0.05) is 36.7 Å². The van der Waals surface area contributed by atoms with Crippen LogP contribution in [-0.4, -0.2) is 12.4 Å². The summed E-state index contributed by atoms with van der Waals surface area (Å²) in [6.07, 6.45) is 6.39. The first kappa shape index (κ1) is 13.3. The lowest BCUT2D eigenvalue weighted by atomic mass is 10.2. The average molecular weight is 248 g/mol. The molecule has 0 radical (unpaired) electrons. The van der Waals surface area contributed by atoms with E-state index in [2.05, 4.69) is 10.3 Å². The van der Waals surface area contributed by atoms with E-state index in [4.69, 9.17) is 16.9 Å². The number of amidine groups is 1. The summed E-state index contributed by atoms with van der Waals surface area (Å²) in [6, 6.07) is 7.51. The van der Waals surface area contributed by atoms with E-state index in [0.29, 0.717) is 17.4 Å². The fourth-order valence-electron chi connectivity index (χ4n) is 1.20. The Morgan fingerprint density at radius 1 is 1.53 bits per heavy atom. The van der Waals surface area contributed by atoms with Gasteiger partial charge in [0, 0.05) is 11.6 Å². The number of hydrogen-bond donors (Lipinski definition) is 1. The lowest BCUT2D eigenvalue weighted by Gasteiger charge is -1.99. The zero-order chi connectivity index (χ0) is 12.5. The van der Waals surface area contributed by atoms with Crippen LogP contribution in [0.1, 0.15) is 18.9 Å². The van der Waals surface area contributed by atoms with Gasteiger partial charge in [-0.25, -0.2) is 0 Å². The fourth-order valence-corrected chi connectivity index (χ4v) is 1.40. The van der Waals surface area contributed by atoms with E-state index in [9.17, 15) is 0 Å². The second kappa shape index (κ2) is 7.48. The second-order valence-electron chi connectivity index (χ2n) is 3.36. The molecule has 0 fully saturated rings. The number of halogens is 1. The third-order valence-electron chi connectivity index (χ3n) is 2.02. The highest BCUT2D eigenvalue weighted by atomic mass is 35.5. The molecule has 0 spiro atoms. The van der Waals surface area contributed by atoms with Crippen LogP contribution in [-0.2, 0) is 0 Å². The van der Waals surface area contributed by atoms with E-state index in [-0.39, 0.29) is 0 Å². The van der Waals surface area contributed by atoms with E-state index in [1.807, 2.05) is 43.5 Å². The van der Waals surface area contributed by atoms with Crippen molar-refractivity contribution in [1.82, 2.24) is 5.32 Å². The molecule has 0 unspecified atom stereocenters. The molecule has 0 saturated carbocycles. The fraction of sp³-hybridized carbons (Fsp3) is 0.231. The van der Waals surface area contributed by atoms with Gasteiger partial charge in [0.25, 0.3) is 0 Å². The van der Waals surface area contributed by atoms with Gasteiger partial charge in [0.05, 0.1) is 0 Å². The summed E-state index contributed by atoms with van der Waals surface area (Å²) >= 11 is 6.01. The molecule has 1 N–H and O–H groups in total. The summed E-state index contributed by atoms with van der Waals surface area (Å²) in [6.45, 7) is 2.72. The molecule has 88 valence electrons. The molecule has 0 heterocycles. The Hall–Kier alpha value is -1.79. The van der Waals surface area contributed by atoms with Gasteiger partial charge in [-0.15, -0.1) is 0 Å². The quantitative estimate of drug-likeness (QED) is 0.384. The number of nitriles is 1. The summed E-state index contributed by atoms with van der Waals surface area (Å²) in [4.78, 5) is 4.23. The summed E-state index contributed by atoms with van der Waals surface area (Å²) in [5, 5.41) is 11.8. The Balaban J connectivity index is 2.80. The van der Waals surface area contributed by atoms with Gasteiger partial charge in [-0.05, 0) is 30.2 Å². The Morgan fingerprint density at radius 3 is 2.94 bits per heavy atom. The monoisotopic (exact) mass is 247 g/mol. The van der Waals surface area contributed by atoms with Crippen LogP contribution in [0.5, 0.6) is 0 Å². The van der Waals surface area contributed by atoms with Crippen LogP contribution >= 0.6 is 11.6 Å².